The molecular weight excluding hydrogens is 488 g/mol. The van der Waals surface area contributed by atoms with E-state index < -0.39 is 0 Å². The lowest BCUT2D eigenvalue weighted by molar-refractivity contribution is -0.116. The van der Waals surface area contributed by atoms with E-state index in [9.17, 15) is 9.59 Å². The molecule has 1 aliphatic rings. The van der Waals surface area contributed by atoms with Crippen LogP contribution in [-0.4, -0.2) is 20.9 Å². The molecule has 3 heterocycles. The summed E-state index contributed by atoms with van der Waals surface area (Å²) in [4.78, 5) is 39.8. The van der Waals surface area contributed by atoms with Gasteiger partial charge < -0.3 is 10.3 Å². The standard InChI is InChI=1S/C28H32N4O2S2/c1-15(2)17-9-10-18(20(13-17)16(3)4)21-14-35-28(29-21)32-24(33)12-11-23-30-26(34)25-19-7-5-6-8-22(19)36-27(25)31-23/h9-10,13-16H,5-8,11-12H2,1-4H3,(H,29,32,33)(H,30,31,34). The molecule has 188 valence electrons. The largest absolute Gasteiger partial charge is 0.310 e. The fourth-order valence-corrected chi connectivity index (χ4v) is 6.85. The lowest BCUT2D eigenvalue weighted by atomic mass is 9.90. The van der Waals surface area contributed by atoms with Crippen molar-refractivity contribution in [3.63, 3.8) is 0 Å². The van der Waals surface area contributed by atoms with Crippen molar-refractivity contribution in [1.29, 1.82) is 0 Å². The predicted octanol–water partition coefficient (Wildman–Crippen LogP) is 6.81. The number of hydrogen-bond acceptors (Lipinski definition) is 6. The monoisotopic (exact) mass is 520 g/mol. The quantitative estimate of drug-likeness (QED) is 0.280. The van der Waals surface area contributed by atoms with Crippen LogP contribution in [-0.2, 0) is 24.1 Å². The number of aryl methyl sites for hydroxylation is 3. The molecule has 6 nitrogen and oxygen atoms in total. The molecule has 8 heteroatoms. The number of thiazole rings is 1. The van der Waals surface area contributed by atoms with Crippen LogP contribution in [0.25, 0.3) is 21.5 Å². The molecule has 0 unspecified atom stereocenters. The Kier molecular flexibility index (Phi) is 7.08. The van der Waals surface area contributed by atoms with E-state index in [2.05, 4.69) is 61.2 Å². The number of anilines is 1. The smallest absolute Gasteiger partial charge is 0.259 e. The lowest BCUT2D eigenvalue weighted by Gasteiger charge is -2.15. The van der Waals surface area contributed by atoms with E-state index >= 15 is 0 Å². The molecule has 2 N–H and O–H groups in total. The van der Waals surface area contributed by atoms with Crippen LogP contribution in [0, 0.1) is 0 Å². The number of nitrogens with one attached hydrogen (secondary N) is 2. The zero-order valence-electron chi connectivity index (χ0n) is 21.2. The van der Waals surface area contributed by atoms with Crippen molar-refractivity contribution < 1.29 is 4.79 Å². The molecule has 0 radical (unpaired) electrons. The number of rotatable bonds is 7. The number of hydrogen-bond donors (Lipinski definition) is 2. The summed E-state index contributed by atoms with van der Waals surface area (Å²) >= 11 is 3.06. The molecular formula is C28H32N4O2S2. The maximum absolute atomic E-state index is 12.7. The summed E-state index contributed by atoms with van der Waals surface area (Å²) in [6.45, 7) is 8.79. The van der Waals surface area contributed by atoms with E-state index in [4.69, 9.17) is 4.98 Å². The zero-order chi connectivity index (χ0) is 25.4. The Hall–Kier alpha value is -2.84. The number of aromatic nitrogens is 3. The predicted molar refractivity (Wildman–Crippen MR) is 150 cm³/mol. The van der Waals surface area contributed by atoms with Gasteiger partial charge in [-0.1, -0.05) is 45.9 Å². The number of benzene rings is 1. The van der Waals surface area contributed by atoms with E-state index in [1.807, 2.05) is 5.38 Å². The van der Waals surface area contributed by atoms with E-state index in [-0.39, 0.29) is 17.9 Å². The van der Waals surface area contributed by atoms with Gasteiger partial charge in [-0.25, -0.2) is 9.97 Å². The molecule has 0 spiro atoms. The van der Waals surface area contributed by atoms with Crippen molar-refractivity contribution in [2.45, 2.75) is 78.1 Å². The van der Waals surface area contributed by atoms with Crippen molar-refractivity contribution in [3.05, 3.63) is 61.3 Å². The Bertz CT molecular complexity index is 1480. The first-order valence-electron chi connectivity index (χ1n) is 12.7. The highest BCUT2D eigenvalue weighted by Gasteiger charge is 2.20. The first-order chi connectivity index (χ1) is 17.3. The van der Waals surface area contributed by atoms with Gasteiger partial charge in [-0.05, 0) is 54.2 Å². The summed E-state index contributed by atoms with van der Waals surface area (Å²) in [7, 11) is 0. The van der Waals surface area contributed by atoms with Gasteiger partial charge in [0.2, 0.25) is 5.91 Å². The number of carbonyl (C=O) groups is 1. The maximum atomic E-state index is 12.7. The minimum atomic E-state index is -0.136. The number of thiophene rings is 1. The summed E-state index contributed by atoms with van der Waals surface area (Å²) in [6, 6.07) is 6.58. The maximum Gasteiger partial charge on any atom is 0.259 e. The van der Waals surface area contributed by atoms with Gasteiger partial charge in [-0.15, -0.1) is 22.7 Å². The Morgan fingerprint density at radius 3 is 2.69 bits per heavy atom. The molecule has 5 rings (SSSR count). The highest BCUT2D eigenvalue weighted by Crippen LogP contribution is 2.35. The number of amides is 1. The van der Waals surface area contributed by atoms with Crippen LogP contribution >= 0.6 is 22.7 Å². The number of fused-ring (bicyclic) bond motifs is 3. The Morgan fingerprint density at radius 1 is 1.11 bits per heavy atom. The van der Waals surface area contributed by atoms with Crippen LogP contribution < -0.4 is 10.9 Å². The summed E-state index contributed by atoms with van der Waals surface area (Å²) in [5.74, 6) is 1.27. The minimum absolute atomic E-state index is 0.0798. The number of H-pyrrole nitrogens is 1. The van der Waals surface area contributed by atoms with Crippen LogP contribution in [0.15, 0.2) is 28.4 Å². The average Bonchev–Trinajstić information content (AvgIpc) is 3.46. The third-order valence-corrected chi connectivity index (χ3v) is 8.80. The average molecular weight is 521 g/mol. The van der Waals surface area contributed by atoms with Gasteiger partial charge in [0.15, 0.2) is 5.13 Å². The molecule has 0 saturated carbocycles. The molecule has 3 aromatic heterocycles. The highest BCUT2D eigenvalue weighted by molar-refractivity contribution is 7.18. The molecule has 1 aromatic carbocycles. The van der Waals surface area contributed by atoms with Crippen molar-refractivity contribution in [3.8, 4) is 11.3 Å². The van der Waals surface area contributed by atoms with E-state index in [0.29, 0.717) is 29.2 Å². The van der Waals surface area contributed by atoms with Crippen LogP contribution in [0.4, 0.5) is 5.13 Å². The first-order valence-corrected chi connectivity index (χ1v) is 14.4. The Morgan fingerprint density at radius 2 is 1.92 bits per heavy atom. The van der Waals surface area contributed by atoms with Crippen molar-refractivity contribution >= 4 is 43.9 Å². The van der Waals surface area contributed by atoms with Crippen LogP contribution in [0.2, 0.25) is 0 Å². The van der Waals surface area contributed by atoms with E-state index in [1.165, 1.54) is 39.3 Å². The molecule has 4 aromatic rings. The second kappa shape index (κ2) is 10.3. The normalized spacial score (nSPS) is 13.5. The number of carbonyl (C=O) groups excluding carboxylic acids is 1. The molecule has 0 bridgehead atoms. The second-order valence-electron chi connectivity index (χ2n) is 10.1. The van der Waals surface area contributed by atoms with E-state index in [1.54, 1.807) is 11.3 Å². The fourth-order valence-electron chi connectivity index (χ4n) is 4.85. The zero-order valence-corrected chi connectivity index (χ0v) is 22.9. The fraction of sp³-hybridized carbons (Fsp3) is 0.429. The summed E-state index contributed by atoms with van der Waals surface area (Å²) in [6.07, 6.45) is 4.90. The topological polar surface area (TPSA) is 87.7 Å². The van der Waals surface area contributed by atoms with Gasteiger partial charge in [0.25, 0.3) is 5.56 Å². The number of nitrogens with zero attached hydrogens (tertiary/aromatic N) is 2. The van der Waals surface area contributed by atoms with Crippen LogP contribution in [0.3, 0.4) is 0 Å². The van der Waals surface area contributed by atoms with Gasteiger partial charge >= 0.3 is 0 Å². The van der Waals surface area contributed by atoms with Crippen molar-refractivity contribution in [2.75, 3.05) is 5.32 Å². The van der Waals surface area contributed by atoms with Gasteiger partial charge in [-0.2, -0.15) is 0 Å². The minimum Gasteiger partial charge on any atom is -0.310 e. The second-order valence-corrected chi connectivity index (χ2v) is 12.1. The molecule has 0 saturated heterocycles. The molecule has 1 aliphatic carbocycles. The van der Waals surface area contributed by atoms with Gasteiger partial charge in [0, 0.05) is 28.7 Å². The van der Waals surface area contributed by atoms with Crippen molar-refractivity contribution in [2.24, 2.45) is 0 Å². The highest BCUT2D eigenvalue weighted by atomic mass is 32.1. The molecule has 36 heavy (non-hydrogen) atoms. The van der Waals surface area contributed by atoms with E-state index in [0.717, 1.165) is 40.7 Å². The summed E-state index contributed by atoms with van der Waals surface area (Å²) in [5, 5.41) is 6.26. The van der Waals surface area contributed by atoms with Gasteiger partial charge in [0.05, 0.1) is 11.1 Å². The molecule has 0 fully saturated rings. The lowest BCUT2D eigenvalue weighted by Crippen LogP contribution is -2.16. The molecule has 0 atom stereocenters. The Labute approximate surface area is 219 Å². The van der Waals surface area contributed by atoms with Crippen molar-refractivity contribution in [1.82, 2.24) is 15.0 Å². The number of aromatic amines is 1. The third kappa shape index (κ3) is 5.02. The molecule has 0 aliphatic heterocycles. The summed E-state index contributed by atoms with van der Waals surface area (Å²) in [5.41, 5.74) is 5.68. The molecule has 1 amide bonds. The summed E-state index contributed by atoms with van der Waals surface area (Å²) < 4.78 is 0. The third-order valence-electron chi connectivity index (χ3n) is 6.85. The van der Waals surface area contributed by atoms with Gasteiger partial charge in [0.1, 0.15) is 10.7 Å². The first kappa shape index (κ1) is 24.8. The SMILES string of the molecule is CC(C)c1ccc(-c2csc(NC(=O)CCc3nc4sc5c(c4c(=O)[nH]3)CCCC5)n2)c(C(C)C)c1. The Balaban J connectivity index is 1.27. The van der Waals surface area contributed by atoms with Crippen LogP contribution in [0.5, 0.6) is 0 Å². The van der Waals surface area contributed by atoms with Crippen LogP contribution in [0.1, 0.15) is 86.2 Å². The van der Waals surface area contributed by atoms with Gasteiger partial charge in [-0.3, -0.25) is 9.59 Å².